The van der Waals surface area contributed by atoms with E-state index in [-0.39, 0.29) is 0 Å². The molecule has 0 radical (unpaired) electrons. The van der Waals surface area contributed by atoms with Crippen molar-refractivity contribution in [3.63, 3.8) is 0 Å². The van der Waals surface area contributed by atoms with Gasteiger partial charge in [0.1, 0.15) is 0 Å². The van der Waals surface area contributed by atoms with E-state index < -0.39 is 0 Å². The third kappa shape index (κ3) is 6.49. The van der Waals surface area contributed by atoms with Gasteiger partial charge in [-0.15, -0.1) is 6.58 Å². The molecule has 1 heteroatoms. The van der Waals surface area contributed by atoms with Crippen LogP contribution in [0, 0.1) is 0 Å². The fourth-order valence-corrected chi connectivity index (χ4v) is 2.41. The van der Waals surface area contributed by atoms with Crippen molar-refractivity contribution in [1.82, 2.24) is 0 Å². The molecule has 1 unspecified atom stereocenters. The highest BCUT2D eigenvalue weighted by atomic mass is 32.2. The van der Waals surface area contributed by atoms with Crippen molar-refractivity contribution in [2.45, 2.75) is 51.0 Å². The minimum atomic E-state index is 0.749. The lowest BCUT2D eigenvalue weighted by Crippen LogP contribution is -2.05. The summed E-state index contributed by atoms with van der Waals surface area (Å²) in [5, 5.41) is 1.53. The molecule has 0 nitrogen and oxygen atoms in total. The van der Waals surface area contributed by atoms with Gasteiger partial charge in [0.05, 0.1) is 0 Å². The second-order valence-corrected chi connectivity index (χ2v) is 5.26. The van der Waals surface area contributed by atoms with Gasteiger partial charge in [0.25, 0.3) is 0 Å². The van der Waals surface area contributed by atoms with Gasteiger partial charge in [-0.1, -0.05) is 26.3 Å². The van der Waals surface area contributed by atoms with Gasteiger partial charge >= 0.3 is 0 Å². The van der Waals surface area contributed by atoms with Crippen LogP contribution >= 0.6 is 11.8 Å². The Hall–Kier alpha value is 0.0900. The Morgan fingerprint density at radius 3 is 2.27 bits per heavy atom. The van der Waals surface area contributed by atoms with Crippen molar-refractivity contribution in [2.75, 3.05) is 0 Å². The number of hydrogen-bond acceptors (Lipinski definition) is 1. The molecule has 0 heterocycles. The second-order valence-electron chi connectivity index (χ2n) is 3.38. The van der Waals surface area contributed by atoms with Crippen LogP contribution in [0.5, 0.6) is 0 Å². The summed E-state index contributed by atoms with van der Waals surface area (Å²) >= 11 is 2.07. The average molecular weight is 172 g/mol. The van der Waals surface area contributed by atoms with Crippen LogP contribution in [-0.4, -0.2) is 10.5 Å². The Morgan fingerprint density at radius 1 is 1.45 bits per heavy atom. The maximum absolute atomic E-state index is 3.94. The van der Waals surface area contributed by atoms with E-state index in [2.05, 4.69) is 46.0 Å². The first-order valence-electron chi connectivity index (χ1n) is 4.36. The van der Waals surface area contributed by atoms with Crippen LogP contribution in [0.1, 0.15) is 40.5 Å². The summed E-state index contributed by atoms with van der Waals surface area (Å²) in [5.41, 5.74) is 1.31. The zero-order chi connectivity index (χ0) is 8.85. The van der Waals surface area contributed by atoms with Gasteiger partial charge in [-0.05, 0) is 25.0 Å². The summed E-state index contributed by atoms with van der Waals surface area (Å²) < 4.78 is 0. The Labute approximate surface area is 75.5 Å². The molecule has 0 saturated heterocycles. The van der Waals surface area contributed by atoms with Crippen molar-refractivity contribution in [1.29, 1.82) is 0 Å². The molecule has 0 aromatic rings. The van der Waals surface area contributed by atoms with Crippen LogP contribution in [0.2, 0.25) is 0 Å². The summed E-state index contributed by atoms with van der Waals surface area (Å²) in [7, 11) is 0. The topological polar surface area (TPSA) is 0 Å². The molecule has 0 aromatic carbocycles. The average Bonchev–Trinajstić information content (AvgIpc) is 1.84. The quantitative estimate of drug-likeness (QED) is 0.567. The minimum Gasteiger partial charge on any atom is -0.155 e. The van der Waals surface area contributed by atoms with Crippen LogP contribution in [0.3, 0.4) is 0 Å². The maximum atomic E-state index is 3.94. The Kier molecular flexibility index (Phi) is 5.75. The Balaban J connectivity index is 3.66. The molecule has 0 aliphatic heterocycles. The summed E-state index contributed by atoms with van der Waals surface area (Å²) in [6.07, 6.45) is 2.44. The number of thioether (sulfide) groups is 1. The predicted molar refractivity (Wildman–Crippen MR) is 56.2 cm³/mol. The lowest BCUT2D eigenvalue weighted by Gasteiger charge is -2.16. The van der Waals surface area contributed by atoms with E-state index in [1.165, 1.54) is 18.4 Å². The molecule has 0 N–H and O–H groups in total. The number of allylic oxidation sites excluding steroid dienone is 1. The van der Waals surface area contributed by atoms with Crippen molar-refractivity contribution >= 4 is 11.8 Å². The van der Waals surface area contributed by atoms with E-state index in [0.717, 1.165) is 10.5 Å². The number of rotatable bonds is 5. The van der Waals surface area contributed by atoms with Gasteiger partial charge in [-0.3, -0.25) is 0 Å². The van der Waals surface area contributed by atoms with E-state index in [4.69, 9.17) is 0 Å². The molecule has 0 aromatic heterocycles. The van der Waals surface area contributed by atoms with Gasteiger partial charge in [0.2, 0.25) is 0 Å². The molecule has 0 rings (SSSR count). The summed E-state index contributed by atoms with van der Waals surface area (Å²) in [6, 6.07) is 0. The first kappa shape index (κ1) is 11.1. The van der Waals surface area contributed by atoms with Gasteiger partial charge in [-0.2, -0.15) is 11.8 Å². The molecule has 0 spiro atoms. The molecule has 0 fully saturated rings. The van der Waals surface area contributed by atoms with Crippen molar-refractivity contribution in [3.05, 3.63) is 12.2 Å². The van der Waals surface area contributed by atoms with Crippen molar-refractivity contribution in [2.24, 2.45) is 0 Å². The summed E-state index contributed by atoms with van der Waals surface area (Å²) in [5.74, 6) is 0. The lowest BCUT2D eigenvalue weighted by molar-refractivity contribution is 0.804. The zero-order valence-corrected chi connectivity index (χ0v) is 9.00. The molecule has 0 aliphatic carbocycles. The van der Waals surface area contributed by atoms with Crippen LogP contribution in [-0.2, 0) is 0 Å². The largest absolute Gasteiger partial charge is 0.155 e. The molecule has 0 saturated carbocycles. The predicted octanol–water partition coefficient (Wildman–Crippen LogP) is 3.87. The minimum absolute atomic E-state index is 0.749. The highest BCUT2D eigenvalue weighted by molar-refractivity contribution is 8.00. The Morgan fingerprint density at radius 2 is 2.00 bits per heavy atom. The van der Waals surface area contributed by atoms with E-state index >= 15 is 0 Å². The van der Waals surface area contributed by atoms with Crippen molar-refractivity contribution in [3.8, 4) is 0 Å². The third-order valence-corrected chi connectivity index (χ3v) is 2.93. The first-order valence-corrected chi connectivity index (χ1v) is 5.30. The molecule has 66 valence electrons. The molecule has 0 amide bonds. The van der Waals surface area contributed by atoms with Crippen LogP contribution in [0.4, 0.5) is 0 Å². The maximum Gasteiger partial charge on any atom is 0.00839 e. The van der Waals surface area contributed by atoms with Crippen LogP contribution < -0.4 is 0 Å². The first-order chi connectivity index (χ1) is 5.06. The van der Waals surface area contributed by atoms with Gasteiger partial charge in [0, 0.05) is 5.25 Å². The van der Waals surface area contributed by atoms with E-state index in [9.17, 15) is 0 Å². The second kappa shape index (κ2) is 5.70. The molecular weight excluding hydrogens is 152 g/mol. The normalized spacial score (nSPS) is 13.5. The zero-order valence-electron chi connectivity index (χ0n) is 8.18. The van der Waals surface area contributed by atoms with Crippen LogP contribution in [0.25, 0.3) is 0 Å². The SMILES string of the molecule is C=C(C)CC(CC)SC(C)C. The van der Waals surface area contributed by atoms with E-state index in [1.807, 2.05) is 0 Å². The number of hydrogen-bond donors (Lipinski definition) is 0. The van der Waals surface area contributed by atoms with E-state index in [0.29, 0.717) is 0 Å². The van der Waals surface area contributed by atoms with E-state index in [1.54, 1.807) is 0 Å². The molecule has 0 bridgehead atoms. The molecule has 0 aliphatic rings. The monoisotopic (exact) mass is 172 g/mol. The van der Waals surface area contributed by atoms with Gasteiger partial charge in [0.15, 0.2) is 0 Å². The highest BCUT2D eigenvalue weighted by Gasteiger charge is 2.08. The summed E-state index contributed by atoms with van der Waals surface area (Å²) in [6.45, 7) is 12.8. The lowest BCUT2D eigenvalue weighted by atomic mass is 10.1. The highest BCUT2D eigenvalue weighted by Crippen LogP contribution is 2.24. The fourth-order valence-electron chi connectivity index (χ4n) is 1.06. The standard InChI is InChI=1S/C10H20S/c1-6-10(7-8(2)3)11-9(4)5/h9-10H,2,6-7H2,1,3-5H3. The summed E-state index contributed by atoms with van der Waals surface area (Å²) in [4.78, 5) is 0. The molecule has 1 atom stereocenters. The van der Waals surface area contributed by atoms with Crippen molar-refractivity contribution < 1.29 is 0 Å². The third-order valence-electron chi connectivity index (χ3n) is 1.50. The Bertz CT molecular complexity index is 116. The van der Waals surface area contributed by atoms with Crippen LogP contribution in [0.15, 0.2) is 12.2 Å². The molecule has 11 heavy (non-hydrogen) atoms. The smallest absolute Gasteiger partial charge is 0.00839 e. The fraction of sp³-hybridized carbons (Fsp3) is 0.800. The molecular formula is C10H20S. The van der Waals surface area contributed by atoms with Gasteiger partial charge < -0.3 is 0 Å². The van der Waals surface area contributed by atoms with Gasteiger partial charge in [-0.25, -0.2) is 0 Å².